The first-order valence-electron chi connectivity index (χ1n) is 18.1. The summed E-state index contributed by atoms with van der Waals surface area (Å²) >= 11 is 0. The second-order valence-electron chi connectivity index (χ2n) is 13.8. The minimum Gasteiger partial charge on any atom is -0.456 e. The first-order chi connectivity index (χ1) is 27.0. The van der Waals surface area contributed by atoms with Crippen molar-refractivity contribution in [1.82, 2.24) is 0 Å². The number of hydrogen-bond donors (Lipinski definition) is 0. The molecular weight excluding hydrogens is 701 g/mol. The minimum atomic E-state index is -3.66. The normalized spacial score (nSPS) is 13.3. The van der Waals surface area contributed by atoms with Gasteiger partial charge in [0.1, 0.15) is 22.3 Å². The Morgan fingerprint density at radius 3 is 1.47 bits per heavy atom. The van der Waals surface area contributed by atoms with Gasteiger partial charge in [0.15, 0.2) is 0 Å². The first-order valence-corrected chi connectivity index (χ1v) is 19.6. The van der Waals surface area contributed by atoms with Crippen molar-refractivity contribution >= 4 is 87.8 Å². The van der Waals surface area contributed by atoms with Gasteiger partial charge in [-0.25, -0.2) is 8.42 Å². The quantitative estimate of drug-likeness (QED) is 0.176. The van der Waals surface area contributed by atoms with E-state index >= 15 is 0 Å². The monoisotopic (exact) mass is 730 g/mol. The van der Waals surface area contributed by atoms with Crippen LogP contribution in [-0.4, -0.2) is 8.42 Å². The Morgan fingerprint density at radius 2 is 0.891 bits per heavy atom. The molecule has 6 nitrogen and oxygen atoms in total. The summed E-state index contributed by atoms with van der Waals surface area (Å²) < 4.78 is 39.9. The topological polar surface area (TPSA) is 66.9 Å². The van der Waals surface area contributed by atoms with Crippen molar-refractivity contribution in [3.63, 3.8) is 0 Å². The lowest BCUT2D eigenvalue weighted by Crippen LogP contribution is -2.22. The van der Waals surface area contributed by atoms with Crippen LogP contribution in [-0.2, 0) is 9.84 Å². The van der Waals surface area contributed by atoms with Crippen molar-refractivity contribution in [2.75, 3.05) is 9.80 Å². The predicted molar refractivity (Wildman–Crippen MR) is 221 cm³/mol. The summed E-state index contributed by atoms with van der Waals surface area (Å²) in [5.74, 6) is 0. The molecule has 0 saturated carbocycles. The molecule has 0 fully saturated rings. The zero-order valence-corrected chi connectivity index (χ0v) is 30.1. The van der Waals surface area contributed by atoms with Crippen molar-refractivity contribution in [1.29, 1.82) is 0 Å². The van der Waals surface area contributed by atoms with Crippen molar-refractivity contribution in [3.8, 4) is 11.1 Å². The van der Waals surface area contributed by atoms with Gasteiger partial charge in [0.25, 0.3) is 0 Å². The zero-order chi connectivity index (χ0) is 36.7. The van der Waals surface area contributed by atoms with Crippen LogP contribution >= 0.6 is 0 Å². The maximum absolute atomic E-state index is 13.6. The summed E-state index contributed by atoms with van der Waals surface area (Å²) in [4.78, 5) is 4.85. The highest BCUT2D eigenvalue weighted by atomic mass is 32.2. The molecule has 3 heterocycles. The fourth-order valence-corrected chi connectivity index (χ4v) is 9.67. The molecule has 262 valence electrons. The summed E-state index contributed by atoms with van der Waals surface area (Å²) in [5, 5.41) is 4.31. The van der Waals surface area contributed by atoms with Gasteiger partial charge in [-0.15, -0.1) is 0 Å². The molecule has 8 aromatic carbocycles. The Balaban J connectivity index is 1.02. The lowest BCUT2D eigenvalue weighted by atomic mass is 10.0. The second-order valence-corrected chi connectivity index (χ2v) is 15.7. The lowest BCUT2D eigenvalue weighted by Gasteiger charge is -2.33. The van der Waals surface area contributed by atoms with Gasteiger partial charge in [-0.3, -0.25) is 0 Å². The van der Waals surface area contributed by atoms with E-state index in [0.29, 0.717) is 21.2 Å². The molecule has 10 aromatic rings. The fraction of sp³-hybridized carbons (Fsp3) is 0. The predicted octanol–water partition coefficient (Wildman–Crippen LogP) is 13.2. The lowest BCUT2D eigenvalue weighted by molar-refractivity contribution is 0.595. The van der Waals surface area contributed by atoms with Gasteiger partial charge in [0.2, 0.25) is 9.84 Å². The van der Waals surface area contributed by atoms with Crippen LogP contribution in [0.3, 0.4) is 0 Å². The van der Waals surface area contributed by atoms with E-state index in [1.165, 1.54) is 0 Å². The number of nitrogens with zero attached hydrogens (tertiary/aromatic N) is 2. The average molecular weight is 731 g/mol. The SMILES string of the molecule is O=S1(=O)c2ccccc2N(c2cccc(-c3ccc(N(c4ccc5c(c4)oc4ccccc45)c4ccc5c(c4)oc4ccccc45)cc3)c2)c2ccccc21. The van der Waals surface area contributed by atoms with Gasteiger partial charge >= 0.3 is 0 Å². The Labute approximate surface area is 316 Å². The van der Waals surface area contributed by atoms with Crippen LogP contribution in [0, 0.1) is 0 Å². The van der Waals surface area contributed by atoms with Crippen LogP contribution in [0.25, 0.3) is 55.0 Å². The number of fused-ring (bicyclic) bond motifs is 8. The number of hydrogen-bond acceptors (Lipinski definition) is 6. The smallest absolute Gasteiger partial charge is 0.210 e. The summed E-state index contributed by atoms with van der Waals surface area (Å²) in [6.07, 6.45) is 0. The van der Waals surface area contributed by atoms with Crippen LogP contribution in [0.15, 0.2) is 201 Å². The van der Waals surface area contributed by atoms with Crippen LogP contribution in [0.5, 0.6) is 0 Å². The van der Waals surface area contributed by atoms with Crippen molar-refractivity contribution < 1.29 is 17.3 Å². The molecule has 0 amide bonds. The van der Waals surface area contributed by atoms with E-state index < -0.39 is 9.84 Å². The number of para-hydroxylation sites is 4. The molecule has 55 heavy (non-hydrogen) atoms. The molecule has 11 rings (SSSR count). The summed E-state index contributed by atoms with van der Waals surface area (Å²) in [5.41, 5.74) is 10.4. The van der Waals surface area contributed by atoms with Gasteiger partial charge in [-0.05, 0) is 96.1 Å². The van der Waals surface area contributed by atoms with Crippen LogP contribution in [0.1, 0.15) is 0 Å². The standard InChI is InChI=1S/C48H30N2O4S/c51-55(52)47-18-7-3-14-41(47)50(42-15-4-8-19-48(42)55)34-11-9-10-32(28-34)31-20-22-33(23-21-31)49(35-24-26-39-37-12-1-5-16-43(37)53-45(39)29-35)36-25-27-40-38-13-2-6-17-44(38)54-46(40)30-36/h1-30H. The Kier molecular flexibility index (Phi) is 6.84. The van der Waals surface area contributed by atoms with E-state index in [0.717, 1.165) is 77.8 Å². The van der Waals surface area contributed by atoms with Gasteiger partial charge in [-0.1, -0.05) is 84.9 Å². The number of sulfone groups is 1. The highest BCUT2D eigenvalue weighted by Crippen LogP contribution is 2.48. The van der Waals surface area contributed by atoms with E-state index in [1.807, 2.05) is 77.7 Å². The molecule has 0 spiro atoms. The van der Waals surface area contributed by atoms with Crippen LogP contribution in [0.2, 0.25) is 0 Å². The molecule has 2 aromatic heterocycles. The molecule has 7 heteroatoms. The van der Waals surface area contributed by atoms with E-state index in [4.69, 9.17) is 8.83 Å². The highest BCUT2D eigenvalue weighted by molar-refractivity contribution is 7.92. The molecule has 0 saturated heterocycles. The number of rotatable bonds is 5. The molecule has 0 radical (unpaired) electrons. The average Bonchev–Trinajstić information content (AvgIpc) is 3.79. The van der Waals surface area contributed by atoms with Gasteiger partial charge in [0, 0.05) is 56.4 Å². The zero-order valence-electron chi connectivity index (χ0n) is 29.3. The summed E-state index contributed by atoms with van der Waals surface area (Å²) in [6.45, 7) is 0. The highest BCUT2D eigenvalue weighted by Gasteiger charge is 2.34. The largest absolute Gasteiger partial charge is 0.456 e. The van der Waals surface area contributed by atoms with Crippen molar-refractivity contribution in [3.05, 3.63) is 182 Å². The van der Waals surface area contributed by atoms with E-state index in [1.54, 1.807) is 24.3 Å². The van der Waals surface area contributed by atoms with Crippen molar-refractivity contribution in [2.45, 2.75) is 9.79 Å². The van der Waals surface area contributed by atoms with Gasteiger partial charge in [-0.2, -0.15) is 0 Å². The molecule has 0 atom stereocenters. The Hall–Kier alpha value is -7.09. The van der Waals surface area contributed by atoms with E-state index in [-0.39, 0.29) is 0 Å². The number of furan rings is 2. The van der Waals surface area contributed by atoms with Gasteiger partial charge in [0.05, 0.1) is 21.2 Å². The molecule has 0 aliphatic carbocycles. The fourth-order valence-electron chi connectivity index (χ4n) is 8.05. The third kappa shape index (κ3) is 4.90. The Morgan fingerprint density at radius 1 is 0.400 bits per heavy atom. The first kappa shape index (κ1) is 31.4. The molecule has 0 N–H and O–H groups in total. The summed E-state index contributed by atoms with van der Waals surface area (Å²) in [6, 6.07) is 60.1. The van der Waals surface area contributed by atoms with E-state index in [9.17, 15) is 8.42 Å². The third-order valence-electron chi connectivity index (χ3n) is 10.6. The summed E-state index contributed by atoms with van der Waals surface area (Å²) in [7, 11) is -3.66. The van der Waals surface area contributed by atoms with E-state index in [2.05, 4.69) is 89.8 Å². The number of anilines is 6. The third-order valence-corrected chi connectivity index (χ3v) is 12.4. The molecule has 0 unspecified atom stereocenters. The number of benzene rings is 8. The maximum atomic E-state index is 13.6. The van der Waals surface area contributed by atoms with Crippen LogP contribution < -0.4 is 9.80 Å². The maximum Gasteiger partial charge on any atom is 0.210 e. The second kappa shape index (κ2) is 12.0. The molecule has 1 aliphatic rings. The molecular formula is C48H30N2O4S. The molecule has 0 bridgehead atoms. The molecule has 1 aliphatic heterocycles. The van der Waals surface area contributed by atoms with Crippen LogP contribution in [0.4, 0.5) is 34.1 Å². The van der Waals surface area contributed by atoms with Crippen molar-refractivity contribution in [2.24, 2.45) is 0 Å². The minimum absolute atomic E-state index is 0.296. The van der Waals surface area contributed by atoms with Gasteiger partial charge < -0.3 is 18.6 Å². The Bertz CT molecular complexity index is 3090.